The summed E-state index contributed by atoms with van der Waals surface area (Å²) in [7, 11) is 0. The highest BCUT2D eigenvalue weighted by atomic mass is 15.4. The third-order valence-electron chi connectivity index (χ3n) is 1.34. The highest BCUT2D eigenvalue weighted by molar-refractivity contribution is 5.63. The predicted molar refractivity (Wildman–Crippen MR) is 31.7 cm³/mol. The highest BCUT2D eigenvalue weighted by Crippen LogP contribution is 2.18. The lowest BCUT2D eigenvalue weighted by Gasteiger charge is -2.14. The van der Waals surface area contributed by atoms with E-state index in [4.69, 9.17) is 0 Å². The van der Waals surface area contributed by atoms with Gasteiger partial charge >= 0.3 is 0 Å². The molecule has 1 heterocycles. The van der Waals surface area contributed by atoms with Gasteiger partial charge in [0.15, 0.2) is 5.69 Å². The number of hydrogen-bond donors (Lipinski definition) is 2. The Balaban J connectivity index is 2.62. The minimum Gasteiger partial charge on any atom is -0.229 e. The van der Waals surface area contributed by atoms with Crippen molar-refractivity contribution in [1.82, 2.24) is 0 Å². The van der Waals surface area contributed by atoms with Gasteiger partial charge in [0.25, 0.3) is 0 Å². The molecule has 0 aliphatic carbocycles. The highest BCUT2D eigenvalue weighted by Gasteiger charge is 2.13. The molecule has 2 heteroatoms. The molecule has 0 radical (unpaired) electrons. The molecule has 0 fully saturated rings. The summed E-state index contributed by atoms with van der Waals surface area (Å²) in [4.78, 5) is 0. The van der Waals surface area contributed by atoms with Crippen LogP contribution in [0.3, 0.4) is 0 Å². The minimum atomic E-state index is 1.24. The van der Waals surface area contributed by atoms with E-state index in [-0.39, 0.29) is 0 Å². The van der Waals surface area contributed by atoms with Gasteiger partial charge in [-0.1, -0.05) is 12.1 Å². The van der Waals surface area contributed by atoms with Gasteiger partial charge in [-0.05, 0) is 6.07 Å². The number of rotatable bonds is 0. The van der Waals surface area contributed by atoms with Crippen LogP contribution < -0.4 is 10.9 Å². The molecular weight excluding hydrogens is 100 g/mol. The SMILES string of the molecule is c1ccc2c(c1)N[NH2+]2. The van der Waals surface area contributed by atoms with E-state index in [2.05, 4.69) is 17.6 Å². The van der Waals surface area contributed by atoms with E-state index >= 15 is 0 Å². The Hall–Kier alpha value is -1.02. The number of nitrogen functional groups attached to an aromatic ring is 1. The third kappa shape index (κ3) is 0.352. The molecule has 0 saturated carbocycles. The summed E-state index contributed by atoms with van der Waals surface area (Å²) in [6.07, 6.45) is 0. The van der Waals surface area contributed by atoms with Crippen LogP contribution in [-0.4, -0.2) is 0 Å². The van der Waals surface area contributed by atoms with Crippen molar-refractivity contribution in [3.63, 3.8) is 0 Å². The zero-order valence-electron chi connectivity index (χ0n) is 4.39. The molecule has 8 heavy (non-hydrogen) atoms. The first-order valence-corrected chi connectivity index (χ1v) is 2.65. The van der Waals surface area contributed by atoms with Gasteiger partial charge in [0.1, 0.15) is 5.69 Å². The average molecular weight is 107 g/mol. The van der Waals surface area contributed by atoms with Crippen LogP contribution in [0.5, 0.6) is 0 Å². The quantitative estimate of drug-likeness (QED) is 0.360. The summed E-state index contributed by atoms with van der Waals surface area (Å²) >= 11 is 0. The van der Waals surface area contributed by atoms with Crippen molar-refractivity contribution in [2.24, 2.45) is 0 Å². The van der Waals surface area contributed by atoms with Crippen LogP contribution in [0, 0.1) is 0 Å². The maximum absolute atomic E-state index is 3.06. The van der Waals surface area contributed by atoms with Crippen LogP contribution in [-0.2, 0) is 0 Å². The van der Waals surface area contributed by atoms with E-state index < -0.39 is 0 Å². The number of fused-ring (bicyclic) bond motifs is 1. The van der Waals surface area contributed by atoms with Crippen LogP contribution >= 0.6 is 0 Å². The molecular formula is C6H7N2+. The van der Waals surface area contributed by atoms with E-state index in [1.807, 2.05) is 17.6 Å². The molecule has 0 spiro atoms. The Morgan fingerprint density at radius 2 is 2.12 bits per heavy atom. The number of hydrogen-bond acceptors (Lipinski definition) is 1. The van der Waals surface area contributed by atoms with Crippen LogP contribution in [0.4, 0.5) is 11.4 Å². The molecule has 1 aromatic rings. The van der Waals surface area contributed by atoms with Gasteiger partial charge in [-0.2, -0.15) is 0 Å². The molecule has 0 aromatic heterocycles. The number of para-hydroxylation sites is 2. The van der Waals surface area contributed by atoms with Crippen LogP contribution in [0.25, 0.3) is 0 Å². The summed E-state index contributed by atoms with van der Waals surface area (Å²) in [6, 6.07) is 8.22. The first-order chi connectivity index (χ1) is 3.97. The lowest BCUT2D eigenvalue weighted by atomic mass is 10.2. The zero-order valence-corrected chi connectivity index (χ0v) is 4.39. The van der Waals surface area contributed by atoms with E-state index in [1.54, 1.807) is 0 Å². The molecule has 1 aromatic carbocycles. The monoisotopic (exact) mass is 107 g/mol. The molecule has 0 saturated heterocycles. The Labute approximate surface area is 47.5 Å². The molecule has 0 amide bonds. The van der Waals surface area contributed by atoms with Crippen molar-refractivity contribution in [1.29, 1.82) is 0 Å². The van der Waals surface area contributed by atoms with Crippen molar-refractivity contribution in [3.05, 3.63) is 24.3 Å². The maximum Gasteiger partial charge on any atom is 0.182 e. The van der Waals surface area contributed by atoms with Crippen molar-refractivity contribution >= 4 is 11.4 Å². The van der Waals surface area contributed by atoms with Crippen molar-refractivity contribution in [2.45, 2.75) is 0 Å². The number of quaternary nitrogens is 1. The van der Waals surface area contributed by atoms with Gasteiger partial charge in [0.05, 0.1) is 0 Å². The fraction of sp³-hybridized carbons (Fsp3) is 0. The summed E-state index contributed by atoms with van der Waals surface area (Å²) in [6.45, 7) is 0. The first-order valence-electron chi connectivity index (χ1n) is 2.65. The van der Waals surface area contributed by atoms with E-state index in [1.165, 1.54) is 11.4 Å². The van der Waals surface area contributed by atoms with Gasteiger partial charge in [-0.25, -0.2) is 10.9 Å². The van der Waals surface area contributed by atoms with Crippen LogP contribution in [0.1, 0.15) is 0 Å². The molecule has 40 valence electrons. The fourth-order valence-corrected chi connectivity index (χ4v) is 0.832. The summed E-state index contributed by atoms with van der Waals surface area (Å²) in [5.74, 6) is 0. The van der Waals surface area contributed by atoms with Gasteiger partial charge in [0.2, 0.25) is 0 Å². The number of nitrogens with two attached hydrogens (primary N) is 1. The second-order valence-corrected chi connectivity index (χ2v) is 1.88. The second-order valence-electron chi connectivity index (χ2n) is 1.88. The summed E-state index contributed by atoms with van der Waals surface area (Å²) < 4.78 is 0. The molecule has 0 unspecified atom stereocenters. The van der Waals surface area contributed by atoms with E-state index in [0.717, 1.165) is 0 Å². The second kappa shape index (κ2) is 1.23. The Morgan fingerprint density at radius 3 is 2.50 bits per heavy atom. The minimum absolute atomic E-state index is 1.24. The molecule has 3 N–H and O–H groups in total. The zero-order chi connectivity index (χ0) is 5.40. The fourth-order valence-electron chi connectivity index (χ4n) is 0.832. The van der Waals surface area contributed by atoms with Gasteiger partial charge < -0.3 is 0 Å². The normalized spacial score (nSPS) is 13.5. The molecule has 2 rings (SSSR count). The molecule has 1 aliphatic rings. The van der Waals surface area contributed by atoms with Gasteiger partial charge in [-0.15, -0.1) is 0 Å². The smallest absolute Gasteiger partial charge is 0.182 e. The standard InChI is InChI=1S/C6H6N2/c1-2-4-6-5(3-1)7-8-6/h1-4,7-8H/p+1. The van der Waals surface area contributed by atoms with Gasteiger partial charge in [-0.3, -0.25) is 0 Å². The van der Waals surface area contributed by atoms with Crippen molar-refractivity contribution < 1.29 is 5.43 Å². The lowest BCUT2D eigenvalue weighted by Crippen LogP contribution is -2.88. The average Bonchev–Trinajstić information content (AvgIpc) is 1.72. The predicted octanol–water partition coefficient (Wildman–Crippen LogP) is 0.222. The van der Waals surface area contributed by atoms with Crippen LogP contribution in [0.15, 0.2) is 24.3 Å². The number of anilines is 1. The number of benzene rings is 1. The van der Waals surface area contributed by atoms with E-state index in [9.17, 15) is 0 Å². The first kappa shape index (κ1) is 3.92. The number of nitrogens with one attached hydrogen (secondary N) is 1. The largest absolute Gasteiger partial charge is 0.229 e. The Morgan fingerprint density at radius 1 is 1.25 bits per heavy atom. The Bertz CT molecular complexity index is 184. The molecule has 0 bridgehead atoms. The topological polar surface area (TPSA) is 28.6 Å². The van der Waals surface area contributed by atoms with Crippen LogP contribution in [0.2, 0.25) is 0 Å². The van der Waals surface area contributed by atoms with Crippen molar-refractivity contribution in [2.75, 3.05) is 5.43 Å². The van der Waals surface area contributed by atoms with Crippen molar-refractivity contribution in [3.8, 4) is 0 Å². The molecule has 1 aliphatic heterocycles. The summed E-state index contributed by atoms with van der Waals surface area (Å²) in [5, 5.41) is 0. The lowest BCUT2D eigenvalue weighted by molar-refractivity contribution is -0.559. The summed E-state index contributed by atoms with van der Waals surface area (Å²) in [5.41, 5.74) is 7.61. The third-order valence-corrected chi connectivity index (χ3v) is 1.34. The molecule has 0 atom stereocenters. The Kier molecular flexibility index (Phi) is 0.603. The van der Waals surface area contributed by atoms with E-state index in [0.29, 0.717) is 0 Å². The maximum atomic E-state index is 3.06. The van der Waals surface area contributed by atoms with Gasteiger partial charge in [0, 0.05) is 6.07 Å². The molecule has 2 nitrogen and oxygen atoms in total.